The number of ketones is 3. The van der Waals surface area contributed by atoms with Crippen molar-refractivity contribution in [3.05, 3.63) is 48.0 Å². The Morgan fingerprint density at radius 1 is 0.750 bits per heavy atom. The molecule has 0 aliphatic carbocycles. The normalized spacial score (nSPS) is 18.5. The average molecular weight is 1180 g/mol. The second-order valence-corrected chi connectivity index (χ2v) is 23.5. The minimum Gasteiger partial charge on any atom is -0.379 e. The fourth-order valence-electron chi connectivity index (χ4n) is 11.8. The van der Waals surface area contributed by atoms with Crippen LogP contribution in [0, 0.1) is 35.5 Å². The number of nitrogens with one attached hydrogen (secondary N) is 1. The van der Waals surface area contributed by atoms with E-state index in [0.29, 0.717) is 65.0 Å². The number of benzene rings is 1. The molecule has 21 nitrogen and oxygen atoms in total. The predicted octanol–water partition coefficient (Wildman–Crippen LogP) is 5.30. The number of rotatable bonds is 41. The van der Waals surface area contributed by atoms with Crippen molar-refractivity contribution >= 4 is 52.8 Å². The predicted molar refractivity (Wildman–Crippen MR) is 316 cm³/mol. The number of methoxy groups -OCH3 is 2. The molecule has 1 aromatic carbocycles. The number of nitrogens with zero attached hydrogens (tertiary/aromatic N) is 5. The molecule has 0 radical (unpaired) electrons. The van der Waals surface area contributed by atoms with Gasteiger partial charge in [-0.3, -0.25) is 57.8 Å². The van der Waals surface area contributed by atoms with Crippen molar-refractivity contribution in [3.8, 4) is 0 Å². The topological polar surface area (TPSA) is 237 Å². The van der Waals surface area contributed by atoms with Crippen LogP contribution in [0.15, 0.2) is 42.5 Å². The Morgan fingerprint density at radius 2 is 1.40 bits per heavy atom. The summed E-state index contributed by atoms with van der Waals surface area (Å²) in [4.78, 5) is 133. The number of imide groups is 1. The van der Waals surface area contributed by atoms with Gasteiger partial charge in [-0.25, -0.2) is 5.06 Å². The molecule has 0 bridgehead atoms. The van der Waals surface area contributed by atoms with Crippen molar-refractivity contribution in [1.29, 1.82) is 0 Å². The highest BCUT2D eigenvalue weighted by Gasteiger charge is 2.44. The van der Waals surface area contributed by atoms with E-state index in [-0.39, 0.29) is 149 Å². The number of hydrogen-bond donors (Lipinski definition) is 1. The molecule has 4 rings (SSSR count). The standard InChI is InChI=1S/C63H100N6O15/c1-12-45(6)60(54(79-10)41-58(76)67-28-19-23-51(67)61(80-11)46(7)52(71)39-48(38-47-20-14-13-15-21-47)62(77)69-29-16-17-31-84-69)66(9)63(78)50(43(2)3)40-53(72)59(44(4)5)65(8)27-18-22-49(70)42-64-55(73)26-32-81-34-36-83-37-35-82-33-30-68-56(74)24-25-57(68)75/h13-15,20-21,24-25,43-46,48,50-51,54,59-61H,12,16-19,22-23,26-42H2,1-11H3,(H,64,73)/t45-,46-,48+,50-,51-,54+,59-,60-,61+/m0/s1. The number of ether oxygens (including phenoxy) is 5. The summed E-state index contributed by atoms with van der Waals surface area (Å²) in [5.74, 6) is -4.26. The molecule has 0 aromatic heterocycles. The van der Waals surface area contributed by atoms with Crippen molar-refractivity contribution in [2.45, 2.75) is 156 Å². The minimum atomic E-state index is -0.692. The van der Waals surface area contributed by atoms with Crippen LogP contribution < -0.4 is 5.32 Å². The summed E-state index contributed by atoms with van der Waals surface area (Å²) in [6.45, 7) is 17.1. The number of likely N-dealkylation sites (N-methyl/N-ethyl adjacent to an activating group) is 2. The fourth-order valence-corrected chi connectivity index (χ4v) is 11.8. The third-order valence-corrected chi connectivity index (χ3v) is 16.7. The first-order valence-corrected chi connectivity index (χ1v) is 30.6. The molecule has 3 aliphatic rings. The number of hydrogen-bond acceptors (Lipinski definition) is 16. The van der Waals surface area contributed by atoms with E-state index >= 15 is 0 Å². The van der Waals surface area contributed by atoms with Crippen LogP contribution in [0.1, 0.15) is 125 Å². The van der Waals surface area contributed by atoms with Crippen molar-refractivity contribution in [2.75, 3.05) is 107 Å². The molecule has 0 spiro atoms. The fraction of sp³-hybridized carbons (Fsp3) is 0.730. The molecule has 3 heterocycles. The van der Waals surface area contributed by atoms with Crippen molar-refractivity contribution in [1.82, 2.24) is 30.0 Å². The van der Waals surface area contributed by atoms with Gasteiger partial charge in [0.2, 0.25) is 23.6 Å². The summed E-state index contributed by atoms with van der Waals surface area (Å²) in [6.07, 6.45) is 5.95. The van der Waals surface area contributed by atoms with Crippen LogP contribution in [-0.4, -0.2) is 215 Å². The molecular weight excluding hydrogens is 1080 g/mol. The SMILES string of the molecule is CC[C@H](C)[C@@H]([C@@H](CC(=O)N1CCC[C@H]1[C@H](OC)[C@@H](C)C(=O)C[C@@H](Cc1ccccc1)C(=O)N1CCCCO1)OC)N(C)C(=O)[C@@H](CC(=O)[C@H](C(C)C)N(C)CCCC(=O)CNC(=O)CCOCCOCCOCCN1C(=O)C=CC1=O)C(C)C. The van der Waals surface area contributed by atoms with Crippen LogP contribution in [0.3, 0.4) is 0 Å². The van der Waals surface area contributed by atoms with Crippen LogP contribution in [-0.2, 0) is 78.1 Å². The van der Waals surface area contributed by atoms with Gasteiger partial charge < -0.3 is 38.8 Å². The van der Waals surface area contributed by atoms with Gasteiger partial charge in [0.15, 0.2) is 11.6 Å². The lowest BCUT2D eigenvalue weighted by atomic mass is 9.83. The van der Waals surface area contributed by atoms with E-state index in [9.17, 15) is 43.2 Å². The van der Waals surface area contributed by atoms with Gasteiger partial charge in [0.25, 0.3) is 11.8 Å². The van der Waals surface area contributed by atoms with E-state index in [4.69, 9.17) is 28.5 Å². The Labute approximate surface area is 499 Å². The number of carbonyl (C=O) groups excluding carboxylic acids is 9. The van der Waals surface area contributed by atoms with Crippen LogP contribution in [0.4, 0.5) is 0 Å². The van der Waals surface area contributed by atoms with Gasteiger partial charge in [-0.1, -0.05) is 85.2 Å². The summed E-state index contributed by atoms with van der Waals surface area (Å²) >= 11 is 0. The highest BCUT2D eigenvalue weighted by atomic mass is 16.7. The summed E-state index contributed by atoms with van der Waals surface area (Å²) in [6, 6.07) is 8.22. The van der Waals surface area contributed by atoms with Crippen molar-refractivity contribution in [2.24, 2.45) is 35.5 Å². The van der Waals surface area contributed by atoms with Gasteiger partial charge in [0.1, 0.15) is 5.78 Å². The molecule has 472 valence electrons. The third-order valence-electron chi connectivity index (χ3n) is 16.7. The van der Waals surface area contributed by atoms with Crippen LogP contribution >= 0.6 is 0 Å². The van der Waals surface area contributed by atoms with Gasteiger partial charge in [-0.2, -0.15) is 0 Å². The Kier molecular flexibility index (Phi) is 31.6. The smallest absolute Gasteiger partial charge is 0.253 e. The maximum atomic E-state index is 14.8. The van der Waals surface area contributed by atoms with Gasteiger partial charge in [0.05, 0.1) is 102 Å². The largest absolute Gasteiger partial charge is 0.379 e. The van der Waals surface area contributed by atoms with E-state index in [2.05, 4.69) is 5.32 Å². The molecule has 1 N–H and O–H groups in total. The highest BCUT2D eigenvalue weighted by molar-refractivity contribution is 6.12. The summed E-state index contributed by atoms with van der Waals surface area (Å²) in [5, 5.41) is 4.07. The lowest BCUT2D eigenvalue weighted by Crippen LogP contribution is -2.54. The summed E-state index contributed by atoms with van der Waals surface area (Å²) < 4.78 is 28.6. The Balaban J connectivity index is 1.26. The highest BCUT2D eigenvalue weighted by Crippen LogP contribution is 2.32. The second-order valence-electron chi connectivity index (χ2n) is 23.5. The molecule has 2 fully saturated rings. The zero-order valence-corrected chi connectivity index (χ0v) is 52.2. The molecule has 3 aliphatic heterocycles. The Morgan fingerprint density at radius 3 is 2.00 bits per heavy atom. The first kappa shape index (κ1) is 71.2. The zero-order chi connectivity index (χ0) is 61.9. The number of hydroxylamine groups is 2. The molecule has 6 amide bonds. The molecule has 0 saturated carbocycles. The molecule has 21 heteroatoms. The maximum absolute atomic E-state index is 14.8. The average Bonchev–Trinajstić information content (AvgIpc) is 3.40. The summed E-state index contributed by atoms with van der Waals surface area (Å²) in [5.41, 5.74) is 0.949. The molecular formula is C63H100N6O15. The first-order valence-electron chi connectivity index (χ1n) is 30.6. The van der Waals surface area contributed by atoms with Gasteiger partial charge in [-0.15, -0.1) is 0 Å². The van der Waals surface area contributed by atoms with Gasteiger partial charge in [-0.05, 0) is 75.4 Å². The van der Waals surface area contributed by atoms with Crippen LogP contribution in [0.25, 0.3) is 0 Å². The second kappa shape index (κ2) is 37.3. The van der Waals surface area contributed by atoms with E-state index < -0.39 is 48.1 Å². The van der Waals surface area contributed by atoms with E-state index in [1.165, 1.54) is 17.2 Å². The van der Waals surface area contributed by atoms with Crippen LogP contribution in [0.5, 0.6) is 0 Å². The van der Waals surface area contributed by atoms with Crippen molar-refractivity contribution in [3.63, 3.8) is 0 Å². The number of amides is 6. The van der Waals surface area contributed by atoms with Gasteiger partial charge >= 0.3 is 0 Å². The quantitative estimate of drug-likeness (QED) is 0.0647. The third kappa shape index (κ3) is 22.2. The van der Waals surface area contributed by atoms with E-state index in [1.807, 2.05) is 90.7 Å². The monoisotopic (exact) mass is 1180 g/mol. The number of likely N-dealkylation sites (tertiary alicyclic amines) is 1. The lowest BCUT2D eigenvalue weighted by Gasteiger charge is -2.41. The molecule has 9 atom stereocenters. The molecule has 2 saturated heterocycles. The molecule has 0 unspecified atom stereocenters. The maximum Gasteiger partial charge on any atom is 0.253 e. The van der Waals surface area contributed by atoms with Crippen LogP contribution in [0.2, 0.25) is 0 Å². The van der Waals surface area contributed by atoms with Crippen molar-refractivity contribution < 1.29 is 71.7 Å². The number of carbonyl (C=O) groups is 9. The Hall–Kier alpha value is -5.29. The summed E-state index contributed by atoms with van der Waals surface area (Å²) in [7, 11) is 6.70. The van der Waals surface area contributed by atoms with E-state index in [1.54, 1.807) is 31.1 Å². The first-order chi connectivity index (χ1) is 40.1. The lowest BCUT2D eigenvalue weighted by molar-refractivity contribution is -0.201. The number of Topliss-reactive ketones (excluding diaryl/α,β-unsaturated/α-hetero) is 3. The molecule has 84 heavy (non-hydrogen) atoms. The van der Waals surface area contributed by atoms with Gasteiger partial charge in [0, 0.05) is 84.0 Å². The molecule has 1 aromatic rings. The minimum absolute atomic E-state index is 0.000429. The van der Waals surface area contributed by atoms with E-state index in [0.717, 1.165) is 23.3 Å². The zero-order valence-electron chi connectivity index (χ0n) is 52.2. The Bertz CT molecular complexity index is 2280.